The first kappa shape index (κ1) is 21.2. The van der Waals surface area contributed by atoms with Crippen molar-refractivity contribution in [1.29, 1.82) is 0 Å². The summed E-state index contributed by atoms with van der Waals surface area (Å²) in [5.41, 5.74) is 0. The molecule has 0 aromatic carbocycles. The van der Waals surface area contributed by atoms with Crippen molar-refractivity contribution in [2.24, 2.45) is 11.8 Å². The monoisotopic (exact) mass is 370 g/mol. The Morgan fingerprint density at radius 3 is 2.04 bits per heavy atom. The fraction of sp³-hybridized carbons (Fsp3) is 0.278. The molecule has 0 saturated heterocycles. The SMILES string of the molecule is COC(=O)C[C@H]1[C]2[CH][CH][CH][C]2C(=O)C1C(=O)OC.[CH]1[CH][CH][CH][CH]1.[Fe+2]. The Labute approximate surface area is 154 Å². The van der Waals surface area contributed by atoms with E-state index in [9.17, 15) is 14.4 Å². The van der Waals surface area contributed by atoms with Gasteiger partial charge in [-0.1, -0.05) is 0 Å². The fourth-order valence-electron chi connectivity index (χ4n) is 2.72. The van der Waals surface area contributed by atoms with Crippen LogP contribution in [0, 0.1) is 75.0 Å². The van der Waals surface area contributed by atoms with Crippen molar-refractivity contribution in [2.75, 3.05) is 14.2 Å². The smallest absolute Gasteiger partial charge is 0.469 e. The average Bonchev–Trinajstić information content (AvgIpc) is 3.29. The van der Waals surface area contributed by atoms with E-state index in [1.165, 1.54) is 14.2 Å². The summed E-state index contributed by atoms with van der Waals surface area (Å²) in [6.45, 7) is 0. The van der Waals surface area contributed by atoms with Gasteiger partial charge in [0, 0.05) is 0 Å². The number of methoxy groups -OCH3 is 2. The summed E-state index contributed by atoms with van der Waals surface area (Å²) in [6.07, 6.45) is 15.1. The molecule has 6 heteroatoms. The number of carbonyl (C=O) groups excluding carboxylic acids is 3. The molecule has 0 N–H and O–H groups in total. The van der Waals surface area contributed by atoms with Gasteiger partial charge in [-0.15, -0.1) is 0 Å². The van der Waals surface area contributed by atoms with Gasteiger partial charge in [0.05, 0.1) is 26.6 Å². The Balaban J connectivity index is 0.000000412. The van der Waals surface area contributed by atoms with Crippen molar-refractivity contribution in [3.8, 4) is 0 Å². The first-order valence-electron chi connectivity index (χ1n) is 7.21. The van der Waals surface area contributed by atoms with Crippen LogP contribution in [0.3, 0.4) is 0 Å². The van der Waals surface area contributed by atoms with Crippen LogP contribution in [0.2, 0.25) is 0 Å². The zero-order valence-electron chi connectivity index (χ0n) is 13.4. The van der Waals surface area contributed by atoms with Gasteiger partial charge in [-0.05, 0) is 63.2 Å². The van der Waals surface area contributed by atoms with E-state index >= 15 is 0 Å². The molecule has 0 spiro atoms. The van der Waals surface area contributed by atoms with Crippen LogP contribution in [-0.2, 0) is 40.9 Å². The van der Waals surface area contributed by atoms with Crippen molar-refractivity contribution in [1.82, 2.24) is 0 Å². The van der Waals surface area contributed by atoms with Crippen molar-refractivity contribution in [3.63, 3.8) is 0 Å². The van der Waals surface area contributed by atoms with Gasteiger partial charge in [0.2, 0.25) is 0 Å². The molecular formula is C18H18FeO5+2. The molecule has 0 heterocycles. The number of Topliss-reactive ketones (excluding diaryl/α,β-unsaturated/α-hetero) is 1. The van der Waals surface area contributed by atoms with Crippen molar-refractivity contribution in [3.05, 3.63) is 63.2 Å². The van der Waals surface area contributed by atoms with Crippen molar-refractivity contribution >= 4 is 17.7 Å². The molecular weight excluding hydrogens is 352 g/mol. The minimum atomic E-state index is -0.930. The fourth-order valence-corrected chi connectivity index (χ4v) is 2.72. The van der Waals surface area contributed by atoms with Crippen molar-refractivity contribution < 1.29 is 40.9 Å². The van der Waals surface area contributed by atoms with Crippen LogP contribution in [0.15, 0.2) is 0 Å². The average molecular weight is 370 g/mol. The molecule has 126 valence electrons. The Morgan fingerprint density at radius 1 is 0.958 bits per heavy atom. The van der Waals surface area contributed by atoms with Crippen LogP contribution in [0.4, 0.5) is 0 Å². The molecule has 3 aliphatic rings. The molecule has 3 saturated carbocycles. The van der Waals surface area contributed by atoms with Gasteiger partial charge < -0.3 is 9.47 Å². The van der Waals surface area contributed by atoms with Gasteiger partial charge in [-0.25, -0.2) is 0 Å². The number of carbonyl (C=O) groups is 3. The third-order valence-electron chi connectivity index (χ3n) is 3.82. The quantitative estimate of drug-likeness (QED) is 0.426. The predicted molar refractivity (Wildman–Crippen MR) is 81.5 cm³/mol. The third kappa shape index (κ3) is 4.82. The number of hydrogen-bond donors (Lipinski definition) is 0. The number of rotatable bonds is 3. The molecule has 3 aliphatic carbocycles. The van der Waals surface area contributed by atoms with E-state index < -0.39 is 23.8 Å². The molecule has 0 aliphatic heterocycles. The summed E-state index contributed by atoms with van der Waals surface area (Å²) in [6, 6.07) is 0. The summed E-state index contributed by atoms with van der Waals surface area (Å²) in [5, 5.41) is 0. The Kier molecular flexibility index (Phi) is 8.99. The summed E-state index contributed by atoms with van der Waals surface area (Å²) >= 11 is 0. The molecule has 0 bridgehead atoms. The third-order valence-corrected chi connectivity index (χ3v) is 3.82. The van der Waals surface area contributed by atoms with E-state index in [2.05, 4.69) is 9.47 Å². The first-order valence-corrected chi connectivity index (χ1v) is 7.21. The number of ketones is 1. The number of fused-ring (bicyclic) bond motifs is 1. The molecule has 3 fully saturated rings. The second kappa shape index (κ2) is 10.2. The van der Waals surface area contributed by atoms with Crippen LogP contribution in [-0.4, -0.2) is 31.9 Å². The molecule has 3 rings (SSSR count). The van der Waals surface area contributed by atoms with E-state index in [0.717, 1.165) is 5.92 Å². The molecule has 2 atom stereocenters. The molecule has 0 amide bonds. The molecule has 24 heavy (non-hydrogen) atoms. The molecule has 1 unspecified atom stereocenters. The Morgan fingerprint density at radius 2 is 1.54 bits per heavy atom. The summed E-state index contributed by atoms with van der Waals surface area (Å²) < 4.78 is 9.24. The molecule has 0 aromatic heterocycles. The first-order chi connectivity index (χ1) is 11.1. The maximum absolute atomic E-state index is 12.1. The van der Waals surface area contributed by atoms with Crippen LogP contribution in [0.25, 0.3) is 0 Å². The standard InChI is InChI=1S/C13H13O5.C5H5.Fe/c1-17-10(14)6-9-7-4-3-5-8(7)12(15)11(9)13(16)18-2;1-2-4-5-3-1;/h3-5,9,11H,6H2,1-2H3;1-5H;/q;;+2/t9-,11?;;/m0../s1. The van der Waals surface area contributed by atoms with Crippen molar-refractivity contribution in [2.45, 2.75) is 6.42 Å². The molecule has 5 nitrogen and oxygen atoms in total. The van der Waals surface area contributed by atoms with E-state index in [4.69, 9.17) is 0 Å². The normalized spacial score (nSPS) is 26.2. The minimum absolute atomic E-state index is 0. The van der Waals surface area contributed by atoms with Crippen LogP contribution >= 0.6 is 0 Å². The van der Waals surface area contributed by atoms with E-state index in [0.29, 0.717) is 5.92 Å². The van der Waals surface area contributed by atoms with Gasteiger partial charge in [-0.3, -0.25) is 14.4 Å². The maximum atomic E-state index is 12.1. The van der Waals surface area contributed by atoms with Crippen LogP contribution < -0.4 is 0 Å². The molecule has 10 radical (unpaired) electrons. The maximum Gasteiger partial charge on any atom is 2.00 e. The van der Waals surface area contributed by atoms with E-state index in [1.54, 1.807) is 19.3 Å². The summed E-state index contributed by atoms with van der Waals surface area (Å²) in [4.78, 5) is 35.1. The number of esters is 2. The van der Waals surface area contributed by atoms with Gasteiger partial charge in [0.1, 0.15) is 5.92 Å². The largest absolute Gasteiger partial charge is 2.00 e. The van der Waals surface area contributed by atoms with Gasteiger partial charge >= 0.3 is 29.0 Å². The van der Waals surface area contributed by atoms with Crippen LogP contribution in [0.5, 0.6) is 0 Å². The van der Waals surface area contributed by atoms with Crippen LogP contribution in [0.1, 0.15) is 6.42 Å². The zero-order valence-corrected chi connectivity index (χ0v) is 14.5. The Hall–Kier alpha value is -0.871. The van der Waals surface area contributed by atoms with Gasteiger partial charge in [0.25, 0.3) is 0 Å². The Bertz CT molecular complexity index is 439. The summed E-state index contributed by atoms with van der Waals surface area (Å²) in [7, 11) is 2.51. The topological polar surface area (TPSA) is 69.7 Å². The molecule has 0 aromatic rings. The number of ether oxygens (including phenoxy) is 2. The second-order valence-electron chi connectivity index (χ2n) is 5.11. The van der Waals surface area contributed by atoms with Gasteiger partial charge in [0.15, 0.2) is 5.78 Å². The van der Waals surface area contributed by atoms with E-state index in [1.807, 2.05) is 32.1 Å². The minimum Gasteiger partial charge on any atom is -0.469 e. The zero-order chi connectivity index (χ0) is 16.8. The summed E-state index contributed by atoms with van der Waals surface area (Å²) in [5.74, 6) is -1.53. The second-order valence-corrected chi connectivity index (χ2v) is 5.11. The predicted octanol–water partition coefficient (Wildman–Crippen LogP) is 1.33. The van der Waals surface area contributed by atoms with E-state index in [-0.39, 0.29) is 29.3 Å². The van der Waals surface area contributed by atoms with Gasteiger partial charge in [-0.2, -0.15) is 0 Å². The number of hydrogen-bond acceptors (Lipinski definition) is 5.